The fraction of sp³-hybridized carbons (Fsp3) is 0.312. The van der Waals surface area contributed by atoms with Crippen molar-refractivity contribution in [3.63, 3.8) is 0 Å². The van der Waals surface area contributed by atoms with E-state index in [-0.39, 0.29) is 24.1 Å². The number of rotatable bonds is 5. The van der Waals surface area contributed by atoms with Gasteiger partial charge in [-0.1, -0.05) is 12.1 Å². The summed E-state index contributed by atoms with van der Waals surface area (Å²) in [4.78, 5) is 27.3. The second-order valence-electron chi connectivity index (χ2n) is 5.24. The number of pyridine rings is 2. The average molecular weight is 339 g/mol. The molecule has 0 saturated carbocycles. The summed E-state index contributed by atoms with van der Waals surface area (Å²) in [5.41, 5.74) is 0.184. The van der Waals surface area contributed by atoms with E-state index in [1.165, 1.54) is 29.0 Å². The highest BCUT2D eigenvalue weighted by Crippen LogP contribution is 2.32. The zero-order chi connectivity index (χ0) is 17.7. The number of carbonyl (C=O) groups excluding carboxylic acids is 1. The molecule has 0 aliphatic heterocycles. The number of aryl methyl sites for hydroxylation is 1. The van der Waals surface area contributed by atoms with Gasteiger partial charge in [0.2, 0.25) is 5.91 Å². The maximum atomic E-state index is 13.2. The standard InChI is InChI=1S/C16H16F3N3O2/c1-11-4-2-6-14(24)22(11)9-7-13(23)21-15(16(17,18)19)12-5-3-8-20-10-12/h2-6,8,10,15H,7,9H2,1H3,(H,21,23)/t15-/m1/s1. The minimum Gasteiger partial charge on any atom is -0.341 e. The predicted octanol–water partition coefficient (Wildman–Crippen LogP) is 2.36. The number of nitrogens with zero attached hydrogens (tertiary/aromatic N) is 2. The molecule has 2 rings (SSSR count). The highest BCUT2D eigenvalue weighted by Gasteiger charge is 2.41. The van der Waals surface area contributed by atoms with E-state index in [4.69, 9.17) is 0 Å². The van der Waals surface area contributed by atoms with Crippen LogP contribution in [-0.4, -0.2) is 21.6 Å². The third-order valence-electron chi connectivity index (χ3n) is 3.48. The molecule has 8 heteroatoms. The van der Waals surface area contributed by atoms with E-state index in [9.17, 15) is 22.8 Å². The van der Waals surface area contributed by atoms with Gasteiger partial charge in [0.25, 0.3) is 5.56 Å². The first kappa shape index (κ1) is 17.7. The van der Waals surface area contributed by atoms with Crippen LogP contribution in [0.5, 0.6) is 0 Å². The molecule has 0 bridgehead atoms. The largest absolute Gasteiger partial charge is 0.412 e. The Balaban J connectivity index is 2.08. The number of nitrogens with one attached hydrogen (secondary N) is 1. The van der Waals surface area contributed by atoms with Crippen LogP contribution in [0.4, 0.5) is 13.2 Å². The van der Waals surface area contributed by atoms with Gasteiger partial charge in [0.15, 0.2) is 6.04 Å². The van der Waals surface area contributed by atoms with Crippen LogP contribution in [-0.2, 0) is 11.3 Å². The topological polar surface area (TPSA) is 64.0 Å². The molecule has 5 nitrogen and oxygen atoms in total. The smallest absolute Gasteiger partial charge is 0.341 e. The monoisotopic (exact) mass is 339 g/mol. The molecular formula is C16H16F3N3O2. The average Bonchev–Trinajstić information content (AvgIpc) is 2.52. The molecule has 0 fully saturated rings. The molecule has 0 saturated heterocycles. The maximum Gasteiger partial charge on any atom is 0.412 e. The second-order valence-corrected chi connectivity index (χ2v) is 5.24. The van der Waals surface area contributed by atoms with E-state index in [0.717, 1.165) is 6.20 Å². The highest BCUT2D eigenvalue weighted by atomic mass is 19.4. The number of aromatic nitrogens is 2. The third-order valence-corrected chi connectivity index (χ3v) is 3.48. The summed E-state index contributed by atoms with van der Waals surface area (Å²) >= 11 is 0. The summed E-state index contributed by atoms with van der Waals surface area (Å²) in [6, 6.07) is 5.08. The van der Waals surface area contributed by atoms with E-state index in [1.807, 2.05) is 5.32 Å². The molecule has 128 valence electrons. The lowest BCUT2D eigenvalue weighted by Crippen LogP contribution is -2.38. The lowest BCUT2D eigenvalue weighted by atomic mass is 10.1. The summed E-state index contributed by atoms with van der Waals surface area (Å²) in [6.45, 7) is 1.70. The molecule has 2 heterocycles. The molecule has 0 aliphatic rings. The van der Waals surface area contributed by atoms with E-state index < -0.39 is 18.1 Å². The van der Waals surface area contributed by atoms with Crippen LogP contribution in [0.2, 0.25) is 0 Å². The summed E-state index contributed by atoms with van der Waals surface area (Å²) in [6.07, 6.45) is -2.47. The van der Waals surface area contributed by atoms with Gasteiger partial charge in [-0.05, 0) is 19.1 Å². The molecule has 0 aromatic carbocycles. The molecule has 1 amide bonds. The summed E-state index contributed by atoms with van der Waals surface area (Å²) in [5, 5.41) is 1.96. The van der Waals surface area contributed by atoms with Gasteiger partial charge in [-0.15, -0.1) is 0 Å². The lowest BCUT2D eigenvalue weighted by molar-refractivity contribution is -0.163. The van der Waals surface area contributed by atoms with Gasteiger partial charge >= 0.3 is 6.18 Å². The number of hydrogen-bond donors (Lipinski definition) is 1. The Labute approximate surface area is 136 Å². The van der Waals surface area contributed by atoms with Crippen molar-refractivity contribution in [3.8, 4) is 0 Å². The summed E-state index contributed by atoms with van der Waals surface area (Å²) in [7, 11) is 0. The van der Waals surface area contributed by atoms with Crippen LogP contribution >= 0.6 is 0 Å². The van der Waals surface area contributed by atoms with Crippen molar-refractivity contribution in [3.05, 3.63) is 64.3 Å². The van der Waals surface area contributed by atoms with Crippen molar-refractivity contribution < 1.29 is 18.0 Å². The number of hydrogen-bond acceptors (Lipinski definition) is 3. The molecule has 1 N–H and O–H groups in total. The van der Waals surface area contributed by atoms with Gasteiger partial charge in [0.05, 0.1) is 0 Å². The van der Waals surface area contributed by atoms with E-state index in [0.29, 0.717) is 5.69 Å². The first-order valence-corrected chi connectivity index (χ1v) is 7.21. The Morgan fingerprint density at radius 1 is 1.29 bits per heavy atom. The molecule has 1 atom stereocenters. The molecule has 24 heavy (non-hydrogen) atoms. The quantitative estimate of drug-likeness (QED) is 0.910. The van der Waals surface area contributed by atoms with Crippen LogP contribution in [0.15, 0.2) is 47.5 Å². The molecule has 0 unspecified atom stereocenters. The minimum atomic E-state index is -4.64. The van der Waals surface area contributed by atoms with Crippen molar-refractivity contribution >= 4 is 5.91 Å². The number of carbonyl (C=O) groups is 1. The Morgan fingerprint density at radius 2 is 2.04 bits per heavy atom. The van der Waals surface area contributed by atoms with Crippen LogP contribution in [0, 0.1) is 6.92 Å². The Hall–Kier alpha value is -2.64. The van der Waals surface area contributed by atoms with Crippen molar-refractivity contribution in [2.24, 2.45) is 0 Å². The Bertz CT molecular complexity index is 757. The van der Waals surface area contributed by atoms with Crippen LogP contribution in [0.3, 0.4) is 0 Å². The van der Waals surface area contributed by atoms with Crippen LogP contribution in [0.25, 0.3) is 0 Å². The predicted molar refractivity (Wildman–Crippen MR) is 81.2 cm³/mol. The van der Waals surface area contributed by atoms with Crippen molar-refractivity contribution in [2.45, 2.75) is 32.1 Å². The van der Waals surface area contributed by atoms with Crippen molar-refractivity contribution in [2.75, 3.05) is 0 Å². The zero-order valence-electron chi connectivity index (χ0n) is 12.9. The molecule has 0 radical (unpaired) electrons. The summed E-state index contributed by atoms with van der Waals surface area (Å²) in [5.74, 6) is -0.795. The Morgan fingerprint density at radius 3 is 2.62 bits per heavy atom. The number of amides is 1. The van der Waals surface area contributed by atoms with Gasteiger partial charge in [-0.3, -0.25) is 14.6 Å². The fourth-order valence-corrected chi connectivity index (χ4v) is 2.26. The van der Waals surface area contributed by atoms with E-state index >= 15 is 0 Å². The molecule has 2 aromatic heterocycles. The van der Waals surface area contributed by atoms with Gasteiger partial charge in [0, 0.05) is 42.7 Å². The molecule has 0 aliphatic carbocycles. The molecular weight excluding hydrogens is 323 g/mol. The van der Waals surface area contributed by atoms with E-state index in [1.54, 1.807) is 19.1 Å². The van der Waals surface area contributed by atoms with Crippen LogP contribution < -0.4 is 10.9 Å². The first-order chi connectivity index (χ1) is 11.3. The highest BCUT2D eigenvalue weighted by molar-refractivity contribution is 5.76. The second kappa shape index (κ2) is 7.29. The van der Waals surface area contributed by atoms with Gasteiger partial charge in [-0.2, -0.15) is 13.2 Å². The zero-order valence-corrected chi connectivity index (χ0v) is 12.9. The van der Waals surface area contributed by atoms with Gasteiger partial charge in [0.1, 0.15) is 0 Å². The summed E-state index contributed by atoms with van der Waals surface area (Å²) < 4.78 is 40.8. The van der Waals surface area contributed by atoms with Crippen LogP contribution in [0.1, 0.15) is 23.7 Å². The fourth-order valence-electron chi connectivity index (χ4n) is 2.26. The SMILES string of the molecule is Cc1cccc(=O)n1CCC(=O)N[C@H](c1cccnc1)C(F)(F)F. The van der Waals surface area contributed by atoms with Gasteiger partial charge < -0.3 is 9.88 Å². The van der Waals surface area contributed by atoms with Gasteiger partial charge in [-0.25, -0.2) is 0 Å². The Kier molecular flexibility index (Phi) is 5.38. The van der Waals surface area contributed by atoms with Crippen molar-refractivity contribution in [1.82, 2.24) is 14.9 Å². The first-order valence-electron chi connectivity index (χ1n) is 7.21. The number of alkyl halides is 3. The minimum absolute atomic E-state index is 0.00889. The molecule has 0 spiro atoms. The maximum absolute atomic E-state index is 13.2. The lowest BCUT2D eigenvalue weighted by Gasteiger charge is -2.22. The third kappa shape index (κ3) is 4.43. The normalized spacial score (nSPS) is 12.7. The van der Waals surface area contributed by atoms with Crippen molar-refractivity contribution in [1.29, 1.82) is 0 Å². The van der Waals surface area contributed by atoms with E-state index in [2.05, 4.69) is 4.98 Å². The molecule has 2 aromatic rings. The number of halogens is 3.